The van der Waals surface area contributed by atoms with E-state index in [1.165, 1.54) is 6.08 Å². The standard InChI is InChI=1S/C10H14N2O4/c1-6-11-9(15)2-3-12(6)10-4-7(14)8(5-13)16-10/h2-3,7-8,10,13-14H,1,4-5H2,(H,11,15)/t7-,8-,10-/m1/s1/i13+2,15+2. The minimum absolute atomic E-state index is 0.228. The van der Waals surface area contributed by atoms with Gasteiger partial charge in [-0.3, -0.25) is 4.79 Å². The van der Waals surface area contributed by atoms with Gasteiger partial charge in [0.05, 0.1) is 12.7 Å². The van der Waals surface area contributed by atoms with Crippen molar-refractivity contribution in [1.82, 2.24) is 10.2 Å². The van der Waals surface area contributed by atoms with E-state index < -0.39 is 18.4 Å². The molecular weight excluding hydrogens is 216 g/mol. The Labute approximate surface area is 92.8 Å². The first-order valence-corrected chi connectivity index (χ1v) is 5.02. The Morgan fingerprint density at radius 3 is 3.06 bits per heavy atom. The molecule has 0 radical (unpaired) electrons. The third-order valence-corrected chi connectivity index (χ3v) is 2.66. The number of hydrogen-bond donors (Lipinski definition) is 3. The second-order valence-electron chi connectivity index (χ2n) is 3.77. The van der Waals surface area contributed by atoms with Crippen molar-refractivity contribution in [1.29, 1.82) is 0 Å². The highest BCUT2D eigenvalue weighted by Crippen LogP contribution is 2.25. The fourth-order valence-corrected chi connectivity index (χ4v) is 1.81. The molecule has 3 N–H and O–H groups in total. The maximum atomic E-state index is 11.0. The van der Waals surface area contributed by atoms with Gasteiger partial charge in [-0.05, 0) is 0 Å². The summed E-state index contributed by atoms with van der Waals surface area (Å²) in [4.78, 5) is 12.6. The SMILES string of the molecule is C=C1NC(=[18O])C=CN1[C@H]1C[C@@H](O)[C@@H](C[18OH])O1. The Kier molecular flexibility index (Phi) is 2.95. The Morgan fingerprint density at radius 1 is 1.75 bits per heavy atom. The van der Waals surface area contributed by atoms with Crippen molar-refractivity contribution in [2.75, 3.05) is 6.61 Å². The van der Waals surface area contributed by atoms with Gasteiger partial charge in [0.2, 0.25) is 0 Å². The Balaban J connectivity index is 2.07. The molecule has 1 saturated heterocycles. The zero-order valence-electron chi connectivity index (χ0n) is 8.67. The second-order valence-corrected chi connectivity index (χ2v) is 3.77. The number of hydrogen-bond acceptors (Lipinski definition) is 5. The van der Waals surface area contributed by atoms with Crippen LogP contribution in [0.2, 0.25) is 0 Å². The van der Waals surface area contributed by atoms with Crippen LogP contribution in [0, 0.1) is 0 Å². The average Bonchev–Trinajstić information content (AvgIpc) is 2.59. The summed E-state index contributed by atoms with van der Waals surface area (Å²) >= 11 is 0. The maximum absolute atomic E-state index is 11.0. The van der Waals surface area contributed by atoms with Crippen LogP contribution in [0.3, 0.4) is 0 Å². The van der Waals surface area contributed by atoms with Crippen LogP contribution in [-0.4, -0.2) is 46.1 Å². The van der Waals surface area contributed by atoms with Crippen molar-refractivity contribution in [2.45, 2.75) is 24.9 Å². The Morgan fingerprint density at radius 2 is 2.50 bits per heavy atom. The molecule has 3 atom stereocenters. The first kappa shape index (κ1) is 11.1. The molecule has 0 unspecified atom stereocenters. The van der Waals surface area contributed by atoms with Gasteiger partial charge in [0.1, 0.15) is 18.2 Å². The third kappa shape index (κ3) is 1.95. The van der Waals surface area contributed by atoms with Gasteiger partial charge in [-0.15, -0.1) is 0 Å². The zero-order chi connectivity index (χ0) is 11.7. The third-order valence-electron chi connectivity index (χ3n) is 2.66. The smallest absolute Gasteiger partial charge is 0.250 e. The lowest BCUT2D eigenvalue weighted by atomic mass is 10.2. The average molecular weight is 230 g/mol. The first-order chi connectivity index (χ1) is 7.61. The molecule has 0 aromatic rings. The normalized spacial score (nSPS) is 34.4. The van der Waals surface area contributed by atoms with Gasteiger partial charge in [0.25, 0.3) is 5.91 Å². The molecule has 88 valence electrons. The summed E-state index contributed by atoms with van der Waals surface area (Å²) in [6, 6.07) is 0. The Hall–Kier alpha value is -1.37. The molecular formula is C10H14N2O4. The molecule has 6 nitrogen and oxygen atoms in total. The van der Waals surface area contributed by atoms with Crippen molar-refractivity contribution < 1.29 is 19.7 Å². The fraction of sp³-hybridized carbons (Fsp3) is 0.500. The van der Waals surface area contributed by atoms with Crippen LogP contribution in [0.1, 0.15) is 6.42 Å². The number of carbonyl (C=O) groups excluding carboxylic acids is 1. The quantitative estimate of drug-likeness (QED) is 0.523. The molecule has 0 aromatic heterocycles. The molecule has 0 bridgehead atoms. The number of nitrogens with zero attached hydrogens (tertiary/aromatic N) is 1. The summed E-state index contributed by atoms with van der Waals surface area (Å²) in [5.74, 6) is 0.168. The van der Waals surface area contributed by atoms with E-state index in [0.29, 0.717) is 12.2 Å². The maximum Gasteiger partial charge on any atom is 0.250 e. The molecule has 0 spiro atoms. The molecule has 2 rings (SSSR count). The minimum atomic E-state index is -0.700. The number of amides is 1. The van der Waals surface area contributed by atoms with E-state index >= 15 is 0 Å². The molecule has 6 heteroatoms. The summed E-state index contributed by atoms with van der Waals surface area (Å²) in [6.07, 6.45) is 1.59. The van der Waals surface area contributed by atoms with Gasteiger partial charge in [0.15, 0.2) is 0 Å². The van der Waals surface area contributed by atoms with Crippen molar-refractivity contribution in [2.24, 2.45) is 0 Å². The highest BCUT2D eigenvalue weighted by molar-refractivity contribution is 5.89. The molecule has 2 heterocycles. The first-order valence-electron chi connectivity index (χ1n) is 5.02. The predicted molar refractivity (Wildman–Crippen MR) is 54.6 cm³/mol. The van der Waals surface area contributed by atoms with E-state index in [1.54, 1.807) is 11.1 Å². The number of carbonyl (C=O) groups is 1. The molecule has 1 amide bonds. The lowest BCUT2D eigenvalue weighted by Crippen LogP contribution is -2.41. The van der Waals surface area contributed by atoms with Gasteiger partial charge in [-0.2, -0.15) is 0 Å². The lowest BCUT2D eigenvalue weighted by Gasteiger charge is -2.30. The number of rotatable bonds is 2. The highest BCUT2D eigenvalue weighted by atomic mass is 18.2. The van der Waals surface area contributed by atoms with Gasteiger partial charge < -0.3 is 25.2 Å². The summed E-state index contributed by atoms with van der Waals surface area (Å²) in [7, 11) is 0. The zero-order valence-corrected chi connectivity index (χ0v) is 8.67. The number of aliphatic hydroxyl groups is 2. The van der Waals surface area contributed by atoms with Crippen LogP contribution >= 0.6 is 0 Å². The molecule has 0 aromatic carbocycles. The molecule has 1 fully saturated rings. The van der Waals surface area contributed by atoms with E-state index in [1.807, 2.05) is 0 Å². The van der Waals surface area contributed by atoms with Gasteiger partial charge >= 0.3 is 0 Å². The van der Waals surface area contributed by atoms with Gasteiger partial charge in [-0.25, -0.2) is 0 Å². The predicted octanol–water partition coefficient (Wildman–Crippen LogP) is -1.13. The lowest BCUT2D eigenvalue weighted by molar-refractivity contribution is -0.117. The second kappa shape index (κ2) is 4.25. The Bertz CT molecular complexity index is 342. The van der Waals surface area contributed by atoms with Crippen molar-refractivity contribution in [3.05, 3.63) is 24.7 Å². The molecule has 16 heavy (non-hydrogen) atoms. The van der Waals surface area contributed by atoms with Crippen LogP contribution in [0.5, 0.6) is 0 Å². The molecule has 0 saturated carbocycles. The highest BCUT2D eigenvalue weighted by Gasteiger charge is 2.37. The van der Waals surface area contributed by atoms with Crippen molar-refractivity contribution in [3.63, 3.8) is 0 Å². The monoisotopic (exact) mass is 230 g/mol. The van der Waals surface area contributed by atoms with Crippen LogP contribution in [0.4, 0.5) is 0 Å². The van der Waals surface area contributed by atoms with Crippen LogP contribution < -0.4 is 5.32 Å². The molecule has 2 aliphatic rings. The van der Waals surface area contributed by atoms with Crippen molar-refractivity contribution >= 4 is 5.91 Å². The summed E-state index contributed by atoms with van der Waals surface area (Å²) in [5.41, 5.74) is 0. The van der Waals surface area contributed by atoms with Crippen LogP contribution in [0.15, 0.2) is 24.7 Å². The number of ether oxygens (including phenoxy) is 1. The number of aliphatic hydroxyl groups excluding tert-OH is 2. The summed E-state index contributed by atoms with van der Waals surface area (Å²) in [5, 5.41) is 21.1. The van der Waals surface area contributed by atoms with Crippen LogP contribution in [-0.2, 0) is 9.53 Å². The topological polar surface area (TPSA) is 82.0 Å². The van der Waals surface area contributed by atoms with Crippen LogP contribution in [0.25, 0.3) is 0 Å². The van der Waals surface area contributed by atoms with E-state index in [9.17, 15) is 9.90 Å². The molecule has 2 aliphatic heterocycles. The minimum Gasteiger partial charge on any atom is -0.394 e. The summed E-state index contributed by atoms with van der Waals surface area (Å²) < 4.78 is 5.43. The fourth-order valence-electron chi connectivity index (χ4n) is 1.81. The van der Waals surface area contributed by atoms with Crippen molar-refractivity contribution in [3.8, 4) is 0 Å². The van der Waals surface area contributed by atoms with Gasteiger partial charge in [0, 0.05) is 18.7 Å². The van der Waals surface area contributed by atoms with E-state index in [-0.39, 0.29) is 12.5 Å². The van der Waals surface area contributed by atoms with E-state index in [2.05, 4.69) is 11.9 Å². The molecule has 0 aliphatic carbocycles. The number of nitrogens with one attached hydrogen (secondary N) is 1. The van der Waals surface area contributed by atoms with E-state index in [4.69, 9.17) is 9.84 Å². The van der Waals surface area contributed by atoms with E-state index in [0.717, 1.165) is 0 Å². The summed E-state index contributed by atoms with van der Waals surface area (Å²) in [6.45, 7) is 3.46. The van der Waals surface area contributed by atoms with Gasteiger partial charge in [-0.1, -0.05) is 6.58 Å². The largest absolute Gasteiger partial charge is 0.394 e.